The zero-order valence-corrected chi connectivity index (χ0v) is 9.71. The second kappa shape index (κ2) is 5.34. The highest BCUT2D eigenvalue weighted by Gasteiger charge is 2.26. The zero-order valence-electron chi connectivity index (χ0n) is 9.71. The van der Waals surface area contributed by atoms with Crippen molar-refractivity contribution in [1.82, 2.24) is 9.97 Å². The molecule has 0 aliphatic heterocycles. The van der Waals surface area contributed by atoms with E-state index in [1.165, 1.54) is 18.7 Å². The van der Waals surface area contributed by atoms with Gasteiger partial charge in [-0.1, -0.05) is 0 Å². The first-order valence-electron chi connectivity index (χ1n) is 5.19. The van der Waals surface area contributed by atoms with Gasteiger partial charge in [0.1, 0.15) is 17.7 Å². The fourth-order valence-corrected chi connectivity index (χ4v) is 1.45. The zero-order chi connectivity index (χ0) is 14.7. The van der Waals surface area contributed by atoms with Gasteiger partial charge >= 0.3 is 5.69 Å². The van der Waals surface area contributed by atoms with Gasteiger partial charge < -0.3 is 5.32 Å². The first-order valence-corrected chi connectivity index (χ1v) is 5.19. The molecule has 0 spiro atoms. The minimum absolute atomic E-state index is 0.0998. The van der Waals surface area contributed by atoms with Crippen LogP contribution in [0.4, 0.5) is 20.2 Å². The summed E-state index contributed by atoms with van der Waals surface area (Å²) in [6.07, 6.45) is 3.61. The molecule has 0 atom stereocenters. The normalized spacial score (nSPS) is 10.1. The average Bonchev–Trinajstić information content (AvgIpc) is 2.39. The van der Waals surface area contributed by atoms with Crippen LogP contribution in [-0.2, 0) is 0 Å². The number of hydrogen-bond acceptors (Lipinski definition) is 5. The van der Waals surface area contributed by atoms with E-state index in [0.29, 0.717) is 12.1 Å². The van der Waals surface area contributed by atoms with Crippen LogP contribution in [0.1, 0.15) is 10.4 Å². The Hall–Kier alpha value is -2.97. The largest absolute Gasteiger partial charge is 0.319 e. The number of hydrogen-bond donors (Lipinski definition) is 1. The summed E-state index contributed by atoms with van der Waals surface area (Å²) in [5.74, 6) is -3.91. The van der Waals surface area contributed by atoms with E-state index in [1.54, 1.807) is 0 Å². The van der Waals surface area contributed by atoms with E-state index < -0.39 is 33.7 Å². The lowest BCUT2D eigenvalue weighted by Crippen LogP contribution is -2.17. The van der Waals surface area contributed by atoms with E-state index in [4.69, 9.17) is 0 Å². The molecule has 0 fully saturated rings. The lowest BCUT2D eigenvalue weighted by Gasteiger charge is -2.06. The lowest BCUT2D eigenvalue weighted by atomic mass is 10.1. The van der Waals surface area contributed by atoms with Crippen LogP contribution in [0.3, 0.4) is 0 Å². The second-order valence-corrected chi connectivity index (χ2v) is 3.59. The molecule has 20 heavy (non-hydrogen) atoms. The number of aromatic nitrogens is 2. The van der Waals surface area contributed by atoms with E-state index in [0.717, 1.165) is 0 Å². The van der Waals surface area contributed by atoms with E-state index in [9.17, 15) is 23.7 Å². The van der Waals surface area contributed by atoms with Crippen molar-refractivity contribution in [2.24, 2.45) is 0 Å². The number of amides is 1. The molecule has 9 heteroatoms. The fourth-order valence-electron chi connectivity index (χ4n) is 1.45. The number of nitro benzene ring substituents is 1. The van der Waals surface area contributed by atoms with Crippen LogP contribution in [-0.4, -0.2) is 20.8 Å². The summed E-state index contributed by atoms with van der Waals surface area (Å²) in [5.41, 5.74) is -1.92. The summed E-state index contributed by atoms with van der Waals surface area (Å²) >= 11 is 0. The molecule has 0 unspecified atom stereocenters. The molecule has 0 saturated heterocycles. The van der Waals surface area contributed by atoms with Gasteiger partial charge in [0, 0.05) is 6.07 Å². The maximum absolute atomic E-state index is 13.8. The summed E-state index contributed by atoms with van der Waals surface area (Å²) in [6.45, 7) is 0. The topological polar surface area (TPSA) is 98.0 Å². The molecular formula is C11H6F2N4O3. The summed E-state index contributed by atoms with van der Waals surface area (Å²) in [7, 11) is 0. The van der Waals surface area contributed by atoms with Crippen LogP contribution in [0.5, 0.6) is 0 Å². The number of carbonyl (C=O) groups is 1. The Bertz CT molecular complexity index is 679. The van der Waals surface area contributed by atoms with Crippen molar-refractivity contribution in [2.45, 2.75) is 0 Å². The van der Waals surface area contributed by atoms with Crippen molar-refractivity contribution in [1.29, 1.82) is 0 Å². The van der Waals surface area contributed by atoms with Crippen LogP contribution in [0.25, 0.3) is 0 Å². The minimum atomic E-state index is -1.54. The minimum Gasteiger partial charge on any atom is -0.319 e. The summed E-state index contributed by atoms with van der Waals surface area (Å²) in [4.78, 5) is 28.5. The Labute approximate surface area is 110 Å². The third-order valence-corrected chi connectivity index (χ3v) is 2.31. The maximum atomic E-state index is 13.8. The number of nitrogens with zero attached hydrogens (tertiary/aromatic N) is 3. The van der Waals surface area contributed by atoms with Gasteiger partial charge in [-0.3, -0.25) is 14.9 Å². The van der Waals surface area contributed by atoms with Gasteiger partial charge in [0.15, 0.2) is 0 Å². The van der Waals surface area contributed by atoms with Crippen LogP contribution in [0.15, 0.2) is 30.9 Å². The maximum Gasteiger partial charge on any atom is 0.305 e. The Morgan fingerprint density at radius 3 is 2.50 bits per heavy atom. The molecular weight excluding hydrogens is 274 g/mol. The van der Waals surface area contributed by atoms with Crippen LogP contribution in [0.2, 0.25) is 0 Å². The molecule has 1 amide bonds. The van der Waals surface area contributed by atoms with Crippen LogP contribution < -0.4 is 5.32 Å². The summed E-state index contributed by atoms with van der Waals surface area (Å²) < 4.78 is 27.3. The van der Waals surface area contributed by atoms with Crippen molar-refractivity contribution in [3.05, 3.63) is 58.2 Å². The van der Waals surface area contributed by atoms with E-state index in [1.807, 2.05) is 0 Å². The summed E-state index contributed by atoms with van der Waals surface area (Å²) in [6, 6.07) is 1.30. The molecule has 7 nitrogen and oxygen atoms in total. The molecule has 1 N–H and O–H groups in total. The molecule has 1 aromatic carbocycles. The van der Waals surface area contributed by atoms with E-state index >= 15 is 0 Å². The molecule has 2 rings (SSSR count). The highest BCUT2D eigenvalue weighted by atomic mass is 19.1. The number of rotatable bonds is 3. The lowest BCUT2D eigenvalue weighted by molar-refractivity contribution is -0.387. The number of carbonyl (C=O) groups excluding carboxylic acids is 1. The molecule has 0 aliphatic rings. The van der Waals surface area contributed by atoms with Gasteiger partial charge in [-0.25, -0.2) is 14.4 Å². The second-order valence-electron chi connectivity index (χ2n) is 3.59. The van der Waals surface area contributed by atoms with Gasteiger partial charge in [-0.15, -0.1) is 0 Å². The number of nitro groups is 1. The standard InChI is InChI=1S/C11H6F2N4O3/c12-7-1-2-8(17(19)20)10(13)9(7)11(18)16-6-3-14-5-15-4-6/h1-5H,(H,16,18). The SMILES string of the molecule is O=C(Nc1cncnc1)c1c(F)ccc([N+](=O)[O-])c1F. The van der Waals surface area contributed by atoms with E-state index in [2.05, 4.69) is 15.3 Å². The number of nitrogens with one attached hydrogen (secondary N) is 1. The van der Waals surface area contributed by atoms with Gasteiger partial charge in [-0.05, 0) is 6.07 Å². The van der Waals surface area contributed by atoms with Gasteiger partial charge in [0.25, 0.3) is 5.91 Å². The van der Waals surface area contributed by atoms with Crippen LogP contribution in [0, 0.1) is 21.7 Å². The monoisotopic (exact) mass is 280 g/mol. The number of halogens is 2. The molecule has 1 heterocycles. The molecule has 1 aromatic heterocycles. The van der Waals surface area contributed by atoms with Gasteiger partial charge in [0.05, 0.1) is 23.0 Å². The molecule has 0 aliphatic carbocycles. The summed E-state index contributed by atoms with van der Waals surface area (Å²) in [5, 5.41) is 12.7. The van der Waals surface area contributed by atoms with Crippen molar-refractivity contribution in [2.75, 3.05) is 5.32 Å². The van der Waals surface area contributed by atoms with Crippen molar-refractivity contribution in [3.63, 3.8) is 0 Å². The molecule has 0 radical (unpaired) electrons. The number of anilines is 1. The average molecular weight is 280 g/mol. The van der Waals surface area contributed by atoms with Crippen molar-refractivity contribution < 1.29 is 18.5 Å². The Morgan fingerprint density at radius 2 is 1.90 bits per heavy atom. The third-order valence-electron chi connectivity index (χ3n) is 2.31. The predicted molar refractivity (Wildman–Crippen MR) is 63.0 cm³/mol. The smallest absolute Gasteiger partial charge is 0.305 e. The Morgan fingerprint density at radius 1 is 1.25 bits per heavy atom. The number of benzene rings is 1. The Kier molecular flexibility index (Phi) is 3.60. The van der Waals surface area contributed by atoms with Gasteiger partial charge in [0.2, 0.25) is 5.82 Å². The highest BCUT2D eigenvalue weighted by Crippen LogP contribution is 2.23. The fraction of sp³-hybridized carbons (Fsp3) is 0. The van der Waals surface area contributed by atoms with Crippen molar-refractivity contribution in [3.8, 4) is 0 Å². The molecule has 102 valence electrons. The molecule has 2 aromatic rings. The van der Waals surface area contributed by atoms with Crippen molar-refractivity contribution >= 4 is 17.3 Å². The quantitative estimate of drug-likeness (QED) is 0.684. The Balaban J connectivity index is 2.39. The first-order chi connectivity index (χ1) is 9.50. The first kappa shape index (κ1) is 13.5. The van der Waals surface area contributed by atoms with Gasteiger partial charge in [-0.2, -0.15) is 4.39 Å². The highest BCUT2D eigenvalue weighted by molar-refractivity contribution is 6.04. The predicted octanol–water partition coefficient (Wildman–Crippen LogP) is 1.92. The third kappa shape index (κ3) is 2.55. The molecule has 0 saturated carbocycles. The van der Waals surface area contributed by atoms with E-state index in [-0.39, 0.29) is 5.69 Å². The molecule has 0 bridgehead atoms. The van der Waals surface area contributed by atoms with Crippen LogP contribution >= 0.6 is 0 Å².